The van der Waals surface area contributed by atoms with Gasteiger partial charge >= 0.3 is 0 Å². The number of benzene rings is 1. The molecule has 2 aromatic rings. The summed E-state index contributed by atoms with van der Waals surface area (Å²) in [5, 5.41) is 9.31. The molecule has 2 N–H and O–H groups in total. The Morgan fingerprint density at radius 2 is 2.23 bits per heavy atom. The molecule has 0 spiro atoms. The second-order valence-corrected chi connectivity index (χ2v) is 2.65. The van der Waals surface area contributed by atoms with Crippen LogP contribution in [0.2, 0.25) is 0 Å². The van der Waals surface area contributed by atoms with E-state index in [4.69, 9.17) is 9.99 Å². The maximum absolute atomic E-state index is 8.43. The molecule has 1 aromatic carbocycles. The lowest BCUT2D eigenvalue weighted by Gasteiger charge is -1.98. The molecule has 0 unspecified atom stereocenters. The van der Waals surface area contributed by atoms with Crippen molar-refractivity contribution in [2.45, 2.75) is 0 Å². The van der Waals surface area contributed by atoms with Crippen LogP contribution in [0.4, 0.5) is 0 Å². The Balaban J connectivity index is 2.67. The third-order valence-corrected chi connectivity index (χ3v) is 1.92. The van der Waals surface area contributed by atoms with Gasteiger partial charge in [-0.3, -0.25) is 0 Å². The SMILES string of the molecule is COc1cccc2[nH]c(OO)cc12. The van der Waals surface area contributed by atoms with Gasteiger partial charge in [0.15, 0.2) is 0 Å². The van der Waals surface area contributed by atoms with Gasteiger partial charge in [-0.2, -0.15) is 0 Å². The van der Waals surface area contributed by atoms with Crippen molar-refractivity contribution in [2.24, 2.45) is 0 Å². The van der Waals surface area contributed by atoms with E-state index >= 15 is 0 Å². The van der Waals surface area contributed by atoms with Crippen molar-refractivity contribution in [2.75, 3.05) is 7.11 Å². The van der Waals surface area contributed by atoms with Gasteiger partial charge < -0.3 is 14.6 Å². The molecule has 4 heteroatoms. The summed E-state index contributed by atoms with van der Waals surface area (Å²) in [6, 6.07) is 7.25. The first-order chi connectivity index (χ1) is 6.35. The van der Waals surface area contributed by atoms with Crippen LogP contribution >= 0.6 is 0 Å². The summed E-state index contributed by atoms with van der Waals surface area (Å²) in [7, 11) is 1.60. The molecule has 0 bridgehead atoms. The van der Waals surface area contributed by atoms with Crippen LogP contribution in [0.3, 0.4) is 0 Å². The van der Waals surface area contributed by atoms with Crippen LogP contribution < -0.4 is 9.62 Å². The maximum atomic E-state index is 8.43. The molecule has 4 nitrogen and oxygen atoms in total. The number of fused-ring (bicyclic) bond motifs is 1. The minimum atomic E-state index is 0.305. The van der Waals surface area contributed by atoms with E-state index in [1.165, 1.54) is 0 Å². The molecule has 1 heterocycles. The van der Waals surface area contributed by atoms with Gasteiger partial charge in [0.2, 0.25) is 5.88 Å². The molecule has 0 atom stereocenters. The summed E-state index contributed by atoms with van der Waals surface area (Å²) in [4.78, 5) is 6.96. The monoisotopic (exact) mass is 179 g/mol. The number of hydrogen-bond donors (Lipinski definition) is 2. The fourth-order valence-electron chi connectivity index (χ4n) is 1.33. The van der Waals surface area contributed by atoms with Crippen LogP contribution in [0.25, 0.3) is 10.9 Å². The number of H-pyrrole nitrogens is 1. The van der Waals surface area contributed by atoms with Crippen molar-refractivity contribution < 1.29 is 14.9 Å². The lowest BCUT2D eigenvalue weighted by molar-refractivity contribution is -0.141. The van der Waals surface area contributed by atoms with Crippen LogP contribution in [0.5, 0.6) is 11.6 Å². The molecule has 0 aliphatic rings. The van der Waals surface area contributed by atoms with Crippen molar-refractivity contribution in [1.29, 1.82) is 0 Å². The lowest BCUT2D eigenvalue weighted by atomic mass is 10.2. The Morgan fingerprint density at radius 1 is 1.38 bits per heavy atom. The summed E-state index contributed by atoms with van der Waals surface area (Å²) in [6.07, 6.45) is 0. The molecule has 0 amide bonds. The van der Waals surface area contributed by atoms with E-state index in [1.807, 2.05) is 18.2 Å². The molecule has 2 rings (SSSR count). The van der Waals surface area contributed by atoms with Gasteiger partial charge in [0.05, 0.1) is 12.6 Å². The lowest BCUT2D eigenvalue weighted by Crippen LogP contribution is -1.81. The second-order valence-electron chi connectivity index (χ2n) is 2.65. The summed E-state index contributed by atoms with van der Waals surface area (Å²) >= 11 is 0. The molecule has 0 radical (unpaired) electrons. The van der Waals surface area contributed by atoms with Gasteiger partial charge in [-0.05, 0) is 12.1 Å². The minimum Gasteiger partial charge on any atom is -0.496 e. The largest absolute Gasteiger partial charge is 0.496 e. The van der Waals surface area contributed by atoms with E-state index < -0.39 is 0 Å². The summed E-state index contributed by atoms with van der Waals surface area (Å²) in [6.45, 7) is 0. The normalized spacial score (nSPS) is 10.3. The van der Waals surface area contributed by atoms with Crippen LogP contribution in [0, 0.1) is 0 Å². The maximum Gasteiger partial charge on any atom is 0.235 e. The first-order valence-corrected chi connectivity index (χ1v) is 3.82. The first-order valence-electron chi connectivity index (χ1n) is 3.82. The first kappa shape index (κ1) is 7.94. The fraction of sp³-hybridized carbons (Fsp3) is 0.111. The molecule has 0 aliphatic heterocycles. The Hall–Kier alpha value is -1.68. The zero-order valence-corrected chi connectivity index (χ0v) is 7.07. The zero-order valence-electron chi connectivity index (χ0n) is 7.07. The number of rotatable bonds is 2. The predicted molar refractivity (Wildman–Crippen MR) is 48.1 cm³/mol. The summed E-state index contributed by atoms with van der Waals surface area (Å²) in [5.41, 5.74) is 0.864. The Kier molecular flexibility index (Phi) is 1.83. The predicted octanol–water partition coefficient (Wildman–Crippen LogP) is 2.03. The van der Waals surface area contributed by atoms with Gasteiger partial charge in [0, 0.05) is 11.5 Å². The Morgan fingerprint density at radius 3 is 2.92 bits per heavy atom. The third kappa shape index (κ3) is 1.21. The fourth-order valence-corrected chi connectivity index (χ4v) is 1.33. The summed E-state index contributed by atoms with van der Waals surface area (Å²) < 4.78 is 5.13. The van der Waals surface area contributed by atoms with Crippen molar-refractivity contribution in [3.63, 3.8) is 0 Å². The number of ether oxygens (including phenoxy) is 1. The topological polar surface area (TPSA) is 54.5 Å². The molecule has 0 aliphatic carbocycles. The van der Waals surface area contributed by atoms with Crippen LogP contribution in [-0.2, 0) is 0 Å². The summed E-state index contributed by atoms with van der Waals surface area (Å²) in [5.74, 6) is 1.05. The van der Waals surface area contributed by atoms with Crippen LogP contribution in [-0.4, -0.2) is 17.4 Å². The molecule has 68 valence electrons. The van der Waals surface area contributed by atoms with Crippen molar-refractivity contribution in [3.05, 3.63) is 24.3 Å². The van der Waals surface area contributed by atoms with Crippen LogP contribution in [0.15, 0.2) is 24.3 Å². The highest BCUT2D eigenvalue weighted by Crippen LogP contribution is 2.28. The Bertz CT molecular complexity index is 422. The van der Waals surface area contributed by atoms with E-state index in [0.29, 0.717) is 5.88 Å². The standard InChI is InChI=1S/C9H9NO3/c1-12-8-4-2-3-7-6(8)5-9(10-7)13-11/h2-5,10-11H,1H3. The average molecular weight is 179 g/mol. The van der Waals surface area contributed by atoms with E-state index in [2.05, 4.69) is 9.87 Å². The molecule has 0 saturated carbocycles. The van der Waals surface area contributed by atoms with Gasteiger partial charge in [0.1, 0.15) is 5.75 Å². The molecule has 0 fully saturated rings. The van der Waals surface area contributed by atoms with Crippen molar-refractivity contribution >= 4 is 10.9 Å². The quantitative estimate of drug-likeness (QED) is 0.547. The number of methoxy groups -OCH3 is 1. The highest BCUT2D eigenvalue weighted by molar-refractivity contribution is 5.87. The van der Waals surface area contributed by atoms with E-state index in [-0.39, 0.29) is 0 Å². The van der Waals surface area contributed by atoms with Crippen LogP contribution in [0.1, 0.15) is 0 Å². The number of hydrogen-bond acceptors (Lipinski definition) is 3. The van der Waals surface area contributed by atoms with Gasteiger partial charge in [-0.25, -0.2) is 5.26 Å². The van der Waals surface area contributed by atoms with Crippen molar-refractivity contribution in [1.82, 2.24) is 4.98 Å². The highest BCUT2D eigenvalue weighted by atomic mass is 17.1. The smallest absolute Gasteiger partial charge is 0.235 e. The number of aromatic amines is 1. The molecular weight excluding hydrogens is 170 g/mol. The molecular formula is C9H9NO3. The molecule has 1 aromatic heterocycles. The Labute approximate surface area is 74.6 Å². The highest BCUT2D eigenvalue weighted by Gasteiger charge is 2.05. The number of nitrogens with one attached hydrogen (secondary N) is 1. The second kappa shape index (κ2) is 2.99. The van der Waals surface area contributed by atoms with Crippen molar-refractivity contribution in [3.8, 4) is 11.6 Å². The molecule has 0 saturated heterocycles. The molecule has 13 heavy (non-hydrogen) atoms. The van der Waals surface area contributed by atoms with E-state index in [9.17, 15) is 0 Å². The number of aromatic nitrogens is 1. The average Bonchev–Trinajstić information content (AvgIpc) is 2.59. The zero-order chi connectivity index (χ0) is 9.26. The van der Waals surface area contributed by atoms with Gasteiger partial charge in [-0.15, -0.1) is 0 Å². The van der Waals surface area contributed by atoms with Gasteiger partial charge in [0.25, 0.3) is 0 Å². The van der Waals surface area contributed by atoms with Gasteiger partial charge in [-0.1, -0.05) is 6.07 Å². The van der Waals surface area contributed by atoms with E-state index in [1.54, 1.807) is 13.2 Å². The van der Waals surface area contributed by atoms with E-state index in [0.717, 1.165) is 16.7 Å². The minimum absolute atomic E-state index is 0.305. The third-order valence-electron chi connectivity index (χ3n) is 1.92.